The molecular weight excluding hydrogens is 272 g/mol. The summed E-state index contributed by atoms with van der Waals surface area (Å²) in [7, 11) is 1.61. The predicted octanol–water partition coefficient (Wildman–Crippen LogP) is 1.29. The number of nitrogens with one attached hydrogen (secondary N) is 2. The Bertz CT molecular complexity index is 503. The maximum atomic E-state index is 11.4. The van der Waals surface area contributed by atoms with Gasteiger partial charge in [0, 0.05) is 25.6 Å². The van der Waals surface area contributed by atoms with Crippen molar-refractivity contribution in [2.24, 2.45) is 5.92 Å². The van der Waals surface area contributed by atoms with Gasteiger partial charge in [-0.05, 0) is 17.7 Å². The van der Waals surface area contributed by atoms with Crippen molar-refractivity contribution in [3.8, 4) is 17.2 Å². The van der Waals surface area contributed by atoms with Crippen molar-refractivity contribution in [1.82, 2.24) is 10.6 Å². The lowest BCUT2D eigenvalue weighted by Crippen LogP contribution is -2.34. The van der Waals surface area contributed by atoms with Crippen LogP contribution in [0.4, 0.5) is 0 Å². The lowest BCUT2D eigenvalue weighted by atomic mass is 10.2. The van der Waals surface area contributed by atoms with Gasteiger partial charge in [-0.1, -0.05) is 13.8 Å². The average Bonchev–Trinajstić information content (AvgIpc) is 2.93. The second-order valence-electron chi connectivity index (χ2n) is 5.15. The van der Waals surface area contributed by atoms with E-state index in [0.29, 0.717) is 36.9 Å². The summed E-state index contributed by atoms with van der Waals surface area (Å²) in [6.45, 7) is 5.96. The molecule has 2 N–H and O–H groups in total. The van der Waals surface area contributed by atoms with E-state index in [4.69, 9.17) is 14.2 Å². The van der Waals surface area contributed by atoms with Crippen LogP contribution < -0.4 is 24.8 Å². The number of amides is 1. The Labute approximate surface area is 124 Å². The van der Waals surface area contributed by atoms with Gasteiger partial charge in [0.25, 0.3) is 0 Å². The van der Waals surface area contributed by atoms with Crippen molar-refractivity contribution < 1.29 is 19.0 Å². The number of carbonyl (C=O) groups excluding carboxylic acids is 1. The Morgan fingerprint density at radius 1 is 1.33 bits per heavy atom. The van der Waals surface area contributed by atoms with Crippen LogP contribution >= 0.6 is 0 Å². The largest absolute Gasteiger partial charge is 0.493 e. The minimum absolute atomic E-state index is 0.0168. The molecular formula is C15H22N2O4. The summed E-state index contributed by atoms with van der Waals surface area (Å²) in [5.41, 5.74) is 1.05. The van der Waals surface area contributed by atoms with Crippen molar-refractivity contribution in [1.29, 1.82) is 0 Å². The molecule has 0 saturated carbocycles. The molecule has 1 amide bonds. The van der Waals surface area contributed by atoms with E-state index in [0.717, 1.165) is 5.56 Å². The smallest absolute Gasteiger partial charge is 0.231 e. The van der Waals surface area contributed by atoms with Gasteiger partial charge in [0.1, 0.15) is 0 Å². The van der Waals surface area contributed by atoms with Crippen LogP contribution in [0.25, 0.3) is 0 Å². The highest BCUT2D eigenvalue weighted by Crippen LogP contribution is 2.41. The Hall–Kier alpha value is -1.95. The number of ether oxygens (including phenoxy) is 3. The van der Waals surface area contributed by atoms with Crippen LogP contribution in [0, 0.1) is 5.92 Å². The van der Waals surface area contributed by atoms with Crippen molar-refractivity contribution in [2.75, 3.05) is 27.0 Å². The third-order valence-electron chi connectivity index (χ3n) is 3.17. The zero-order valence-corrected chi connectivity index (χ0v) is 12.7. The Kier molecular flexibility index (Phi) is 5.27. The van der Waals surface area contributed by atoms with E-state index in [9.17, 15) is 4.79 Å². The van der Waals surface area contributed by atoms with Crippen molar-refractivity contribution in [2.45, 2.75) is 20.4 Å². The Balaban J connectivity index is 1.80. The molecule has 6 nitrogen and oxygen atoms in total. The van der Waals surface area contributed by atoms with E-state index in [1.807, 2.05) is 26.0 Å². The second-order valence-corrected chi connectivity index (χ2v) is 5.15. The summed E-state index contributed by atoms with van der Waals surface area (Å²) in [4.78, 5) is 11.4. The van der Waals surface area contributed by atoms with Crippen LogP contribution in [0.3, 0.4) is 0 Å². The fraction of sp³-hybridized carbons (Fsp3) is 0.533. The van der Waals surface area contributed by atoms with Gasteiger partial charge >= 0.3 is 0 Å². The summed E-state index contributed by atoms with van der Waals surface area (Å²) in [6.07, 6.45) is 0. The van der Waals surface area contributed by atoms with Crippen LogP contribution in [0.15, 0.2) is 12.1 Å². The van der Waals surface area contributed by atoms with Gasteiger partial charge in [-0.25, -0.2) is 0 Å². The summed E-state index contributed by atoms with van der Waals surface area (Å²) in [5, 5.41) is 6.13. The number of carbonyl (C=O) groups is 1. The van der Waals surface area contributed by atoms with Crippen LogP contribution in [0.1, 0.15) is 19.4 Å². The minimum Gasteiger partial charge on any atom is -0.493 e. The highest BCUT2D eigenvalue weighted by Gasteiger charge is 2.19. The molecule has 0 atom stereocenters. The van der Waals surface area contributed by atoms with Gasteiger partial charge < -0.3 is 24.8 Å². The molecule has 1 aliphatic rings. The molecule has 1 aromatic carbocycles. The molecule has 21 heavy (non-hydrogen) atoms. The maximum Gasteiger partial charge on any atom is 0.231 e. The van der Waals surface area contributed by atoms with Crippen LogP contribution in [0.2, 0.25) is 0 Å². The molecule has 0 radical (unpaired) electrons. The summed E-state index contributed by atoms with van der Waals surface area (Å²) >= 11 is 0. The molecule has 0 saturated heterocycles. The van der Waals surface area contributed by atoms with E-state index >= 15 is 0 Å². The molecule has 0 fully saturated rings. The van der Waals surface area contributed by atoms with Crippen LogP contribution in [0.5, 0.6) is 17.2 Å². The molecule has 2 rings (SSSR count). The number of hydrogen-bond donors (Lipinski definition) is 2. The quantitative estimate of drug-likeness (QED) is 0.742. The zero-order chi connectivity index (χ0) is 15.2. The van der Waals surface area contributed by atoms with Gasteiger partial charge in [0.2, 0.25) is 18.4 Å². The standard InChI is InChI=1S/C15H22N2O4/c1-10(2)15(18)17-5-4-16-8-11-6-12(19-3)14-13(7-11)20-9-21-14/h6-7,10,16H,4-5,8-9H2,1-3H3,(H,17,18). The molecule has 1 aliphatic heterocycles. The highest BCUT2D eigenvalue weighted by atomic mass is 16.7. The molecule has 0 spiro atoms. The zero-order valence-electron chi connectivity index (χ0n) is 12.7. The van der Waals surface area contributed by atoms with Crippen LogP contribution in [-0.2, 0) is 11.3 Å². The molecule has 6 heteroatoms. The number of hydrogen-bond acceptors (Lipinski definition) is 5. The SMILES string of the molecule is COc1cc(CNCCNC(=O)C(C)C)cc2c1OCO2. The van der Waals surface area contributed by atoms with Gasteiger partial charge in [0.15, 0.2) is 11.5 Å². The predicted molar refractivity (Wildman–Crippen MR) is 78.7 cm³/mol. The first-order valence-electron chi connectivity index (χ1n) is 7.06. The molecule has 0 aliphatic carbocycles. The van der Waals surface area contributed by atoms with E-state index < -0.39 is 0 Å². The first-order chi connectivity index (χ1) is 10.1. The molecule has 0 unspecified atom stereocenters. The van der Waals surface area contributed by atoms with E-state index in [1.165, 1.54) is 0 Å². The third kappa shape index (κ3) is 4.01. The van der Waals surface area contributed by atoms with Gasteiger partial charge in [0.05, 0.1) is 7.11 Å². The first kappa shape index (κ1) is 15.4. The average molecular weight is 294 g/mol. The highest BCUT2D eigenvalue weighted by molar-refractivity contribution is 5.77. The minimum atomic E-state index is 0.0168. The number of benzene rings is 1. The monoisotopic (exact) mass is 294 g/mol. The van der Waals surface area contributed by atoms with E-state index in [2.05, 4.69) is 10.6 Å². The van der Waals surface area contributed by atoms with Crippen molar-refractivity contribution in [3.63, 3.8) is 0 Å². The third-order valence-corrected chi connectivity index (χ3v) is 3.17. The van der Waals surface area contributed by atoms with Crippen molar-refractivity contribution in [3.05, 3.63) is 17.7 Å². The van der Waals surface area contributed by atoms with Crippen LogP contribution in [-0.4, -0.2) is 32.9 Å². The van der Waals surface area contributed by atoms with Gasteiger partial charge in [-0.3, -0.25) is 4.79 Å². The molecule has 116 valence electrons. The number of methoxy groups -OCH3 is 1. The van der Waals surface area contributed by atoms with Gasteiger partial charge in [-0.2, -0.15) is 0 Å². The number of rotatable bonds is 7. The van der Waals surface area contributed by atoms with E-state index in [-0.39, 0.29) is 18.6 Å². The molecule has 1 aromatic rings. The topological polar surface area (TPSA) is 68.8 Å². The fourth-order valence-electron chi connectivity index (χ4n) is 2.00. The summed E-state index contributed by atoms with van der Waals surface area (Å²) < 4.78 is 16.0. The fourth-order valence-corrected chi connectivity index (χ4v) is 2.00. The number of fused-ring (bicyclic) bond motifs is 1. The molecule has 0 aromatic heterocycles. The Morgan fingerprint density at radius 2 is 2.14 bits per heavy atom. The maximum absolute atomic E-state index is 11.4. The summed E-state index contributed by atoms with van der Waals surface area (Å²) in [5.74, 6) is 2.13. The summed E-state index contributed by atoms with van der Waals surface area (Å²) in [6, 6.07) is 3.86. The van der Waals surface area contributed by atoms with E-state index in [1.54, 1.807) is 7.11 Å². The Morgan fingerprint density at radius 3 is 2.86 bits per heavy atom. The molecule has 1 heterocycles. The normalized spacial score (nSPS) is 12.6. The van der Waals surface area contributed by atoms with Crippen molar-refractivity contribution >= 4 is 5.91 Å². The first-order valence-corrected chi connectivity index (χ1v) is 7.06. The van der Waals surface area contributed by atoms with Gasteiger partial charge in [-0.15, -0.1) is 0 Å². The lowest BCUT2D eigenvalue weighted by molar-refractivity contribution is -0.123. The lowest BCUT2D eigenvalue weighted by Gasteiger charge is -2.10. The second kappa shape index (κ2) is 7.17. The molecule has 0 bridgehead atoms.